The molecule has 1 N–H and O–H groups in total. The second-order valence-corrected chi connectivity index (χ2v) is 7.48. The van der Waals surface area contributed by atoms with E-state index in [0.717, 1.165) is 17.4 Å². The van der Waals surface area contributed by atoms with Crippen LogP contribution in [0.25, 0.3) is 0 Å². The molecule has 0 aromatic heterocycles. The number of nitrogens with one attached hydrogen (secondary N) is 1. The van der Waals surface area contributed by atoms with Crippen LogP contribution in [0.3, 0.4) is 0 Å². The number of ketones is 1. The van der Waals surface area contributed by atoms with Crippen LogP contribution < -0.4 is 15.1 Å². The topological polar surface area (TPSA) is 103 Å². The van der Waals surface area contributed by atoms with Crippen LogP contribution in [0.2, 0.25) is 0 Å². The van der Waals surface area contributed by atoms with E-state index >= 15 is 0 Å². The lowest BCUT2D eigenvalue weighted by Gasteiger charge is -2.24. The number of carbonyl (C=O) groups is 3. The van der Waals surface area contributed by atoms with Gasteiger partial charge in [0.15, 0.2) is 6.61 Å². The number of nitrogens with zero attached hydrogens (tertiary/aromatic N) is 3. The third kappa shape index (κ3) is 3.56. The maximum absolute atomic E-state index is 13.5. The van der Waals surface area contributed by atoms with Gasteiger partial charge in [-0.05, 0) is 29.8 Å². The molecule has 0 aliphatic carbocycles. The van der Waals surface area contributed by atoms with Crippen LogP contribution in [0.1, 0.15) is 17.9 Å². The molecule has 0 saturated heterocycles. The number of nitriles is 1. The van der Waals surface area contributed by atoms with Gasteiger partial charge in [-0.1, -0.05) is 18.2 Å². The van der Waals surface area contributed by atoms with Crippen molar-refractivity contribution in [2.45, 2.75) is 12.3 Å². The van der Waals surface area contributed by atoms with E-state index in [1.54, 1.807) is 23.9 Å². The molecule has 4 rings (SSSR count). The number of halogens is 1. The van der Waals surface area contributed by atoms with Crippen LogP contribution in [0.15, 0.2) is 53.9 Å². The summed E-state index contributed by atoms with van der Waals surface area (Å²) in [7, 11) is 3.48. The van der Waals surface area contributed by atoms with Crippen molar-refractivity contribution < 1.29 is 23.5 Å². The number of hydrogen-bond acceptors (Lipinski definition) is 7. The standard InChI is InChI=1S/C23H19FN4O4/c1-27-18-5-3-4-6-19(18)28(2)22(27)16(11-25)20(29)12-32-23(31)15-10-21(30)26-17-9-13(24)7-8-14(15)17/h3-9,15H,10,12H2,1-2H3,(H,26,30). The zero-order chi connectivity index (χ0) is 23.0. The Morgan fingerprint density at radius 3 is 2.47 bits per heavy atom. The van der Waals surface area contributed by atoms with Crippen LogP contribution in [0, 0.1) is 17.1 Å². The Kier molecular flexibility index (Phi) is 5.36. The summed E-state index contributed by atoms with van der Waals surface area (Å²) in [6.07, 6.45) is -0.182. The number of carbonyl (C=O) groups excluding carboxylic acids is 3. The molecule has 0 fully saturated rings. The molecule has 8 nitrogen and oxygen atoms in total. The fourth-order valence-corrected chi connectivity index (χ4v) is 4.01. The molecule has 32 heavy (non-hydrogen) atoms. The number of para-hydroxylation sites is 2. The van der Waals surface area contributed by atoms with Crippen molar-refractivity contribution in [3.8, 4) is 6.07 Å². The highest BCUT2D eigenvalue weighted by Gasteiger charge is 2.34. The number of ether oxygens (including phenoxy) is 1. The summed E-state index contributed by atoms with van der Waals surface area (Å²) in [5.74, 6) is -3.05. The summed E-state index contributed by atoms with van der Waals surface area (Å²) < 4.78 is 18.7. The van der Waals surface area contributed by atoms with Gasteiger partial charge in [0.25, 0.3) is 0 Å². The van der Waals surface area contributed by atoms with E-state index in [4.69, 9.17) is 4.74 Å². The number of amides is 1. The van der Waals surface area contributed by atoms with Gasteiger partial charge in [-0.3, -0.25) is 14.4 Å². The summed E-state index contributed by atoms with van der Waals surface area (Å²) in [6, 6.07) is 13.1. The van der Waals surface area contributed by atoms with Gasteiger partial charge >= 0.3 is 5.97 Å². The van der Waals surface area contributed by atoms with Gasteiger partial charge in [0.05, 0.1) is 17.3 Å². The van der Waals surface area contributed by atoms with Crippen molar-refractivity contribution in [2.75, 3.05) is 35.8 Å². The van der Waals surface area contributed by atoms with E-state index in [0.29, 0.717) is 11.4 Å². The first-order valence-electron chi connectivity index (χ1n) is 9.81. The van der Waals surface area contributed by atoms with E-state index in [9.17, 15) is 24.0 Å². The predicted octanol–water partition coefficient (Wildman–Crippen LogP) is 2.69. The lowest BCUT2D eigenvalue weighted by Crippen LogP contribution is -2.31. The summed E-state index contributed by atoms with van der Waals surface area (Å²) >= 11 is 0. The van der Waals surface area contributed by atoms with Crippen molar-refractivity contribution in [3.63, 3.8) is 0 Å². The summed E-state index contributed by atoms with van der Waals surface area (Å²) in [4.78, 5) is 40.9. The third-order valence-corrected chi connectivity index (χ3v) is 5.54. The average Bonchev–Trinajstić information content (AvgIpc) is 3.02. The molecule has 0 radical (unpaired) electrons. The summed E-state index contributed by atoms with van der Waals surface area (Å²) in [5.41, 5.74) is 2.12. The molecule has 1 atom stereocenters. The minimum absolute atomic E-state index is 0.150. The van der Waals surface area contributed by atoms with Crippen LogP contribution in [0.4, 0.5) is 21.5 Å². The molecule has 2 aromatic carbocycles. The van der Waals surface area contributed by atoms with Crippen LogP contribution >= 0.6 is 0 Å². The Morgan fingerprint density at radius 2 is 1.84 bits per heavy atom. The van der Waals surface area contributed by atoms with Crippen LogP contribution in [-0.4, -0.2) is 38.4 Å². The smallest absolute Gasteiger partial charge is 0.314 e. The number of benzene rings is 2. The molecular formula is C23H19FN4O4. The molecule has 0 bridgehead atoms. The Hall–Kier alpha value is -4.19. The number of Topliss-reactive ketones (excluding diaryl/α,β-unsaturated/α-hetero) is 1. The van der Waals surface area contributed by atoms with Crippen LogP contribution in [0.5, 0.6) is 0 Å². The molecule has 0 saturated carbocycles. The van der Waals surface area contributed by atoms with E-state index in [1.165, 1.54) is 12.1 Å². The lowest BCUT2D eigenvalue weighted by atomic mass is 9.90. The first kappa shape index (κ1) is 21.1. The number of rotatable bonds is 4. The zero-order valence-electron chi connectivity index (χ0n) is 17.4. The van der Waals surface area contributed by atoms with Crippen molar-refractivity contribution in [1.82, 2.24) is 0 Å². The lowest BCUT2D eigenvalue weighted by molar-refractivity contribution is -0.149. The molecule has 2 aliphatic heterocycles. The zero-order valence-corrected chi connectivity index (χ0v) is 17.4. The fraction of sp³-hybridized carbons (Fsp3) is 0.217. The van der Waals surface area contributed by atoms with E-state index in [1.807, 2.05) is 30.3 Å². The van der Waals surface area contributed by atoms with Crippen molar-refractivity contribution in [2.24, 2.45) is 0 Å². The highest BCUT2D eigenvalue weighted by atomic mass is 19.1. The second kappa shape index (κ2) is 8.15. The molecule has 2 aliphatic rings. The van der Waals surface area contributed by atoms with Gasteiger partial charge in [0.1, 0.15) is 23.3 Å². The minimum Gasteiger partial charge on any atom is -0.457 e. The van der Waals surface area contributed by atoms with E-state index < -0.39 is 36.0 Å². The second-order valence-electron chi connectivity index (χ2n) is 7.48. The first-order valence-corrected chi connectivity index (χ1v) is 9.81. The molecular weight excluding hydrogens is 415 g/mol. The van der Waals surface area contributed by atoms with Gasteiger partial charge in [-0.15, -0.1) is 0 Å². The largest absolute Gasteiger partial charge is 0.457 e. The SMILES string of the molecule is CN1C(=C(C#N)C(=O)COC(=O)C2CC(=O)Nc3cc(F)ccc32)N(C)c2ccccc21. The molecule has 1 amide bonds. The summed E-state index contributed by atoms with van der Waals surface area (Å²) in [5, 5.41) is 12.2. The van der Waals surface area contributed by atoms with Crippen LogP contribution in [-0.2, 0) is 19.1 Å². The number of esters is 1. The third-order valence-electron chi connectivity index (χ3n) is 5.54. The Bertz CT molecular complexity index is 1190. The van der Waals surface area contributed by atoms with Gasteiger partial charge in [-0.2, -0.15) is 5.26 Å². The van der Waals surface area contributed by atoms with E-state index in [2.05, 4.69) is 5.32 Å². The molecule has 9 heteroatoms. The van der Waals surface area contributed by atoms with Gasteiger partial charge in [0.2, 0.25) is 11.7 Å². The van der Waals surface area contributed by atoms with Crippen molar-refractivity contribution >= 4 is 34.7 Å². The Labute approximate surface area is 183 Å². The number of fused-ring (bicyclic) bond motifs is 2. The maximum atomic E-state index is 13.5. The van der Waals surface area contributed by atoms with Gasteiger partial charge in [0, 0.05) is 26.2 Å². The summed E-state index contributed by atoms with van der Waals surface area (Å²) in [6.45, 7) is -0.655. The molecule has 2 aromatic rings. The Balaban J connectivity index is 1.53. The minimum atomic E-state index is -0.966. The quantitative estimate of drug-likeness (QED) is 0.448. The molecule has 1 unspecified atom stereocenters. The number of anilines is 3. The maximum Gasteiger partial charge on any atom is 0.314 e. The first-order chi connectivity index (χ1) is 15.3. The normalized spacial score (nSPS) is 16.6. The van der Waals surface area contributed by atoms with Crippen molar-refractivity contribution in [3.05, 3.63) is 65.2 Å². The van der Waals surface area contributed by atoms with Gasteiger partial charge in [-0.25, -0.2) is 4.39 Å². The fourth-order valence-electron chi connectivity index (χ4n) is 4.01. The highest BCUT2D eigenvalue weighted by molar-refractivity contribution is 6.05. The Morgan fingerprint density at radius 1 is 1.19 bits per heavy atom. The van der Waals surface area contributed by atoms with Gasteiger partial charge < -0.3 is 19.9 Å². The molecule has 2 heterocycles. The average molecular weight is 434 g/mol. The molecule has 162 valence electrons. The number of hydrogen-bond donors (Lipinski definition) is 1. The molecule has 0 spiro atoms. The predicted molar refractivity (Wildman–Crippen MR) is 114 cm³/mol. The monoisotopic (exact) mass is 434 g/mol. The highest BCUT2D eigenvalue weighted by Crippen LogP contribution is 2.40. The van der Waals surface area contributed by atoms with Crippen molar-refractivity contribution in [1.29, 1.82) is 5.26 Å². The van der Waals surface area contributed by atoms with E-state index in [-0.39, 0.29) is 17.7 Å².